The average Bonchev–Trinajstić information content (AvgIpc) is 2.34. The van der Waals surface area contributed by atoms with E-state index in [0.29, 0.717) is 25.7 Å². The summed E-state index contributed by atoms with van der Waals surface area (Å²) in [5, 5.41) is 3.03. The highest BCUT2D eigenvalue weighted by Gasteiger charge is 2.29. The molecule has 2 fully saturated rings. The van der Waals surface area contributed by atoms with Crippen molar-refractivity contribution in [2.24, 2.45) is 5.92 Å². The van der Waals surface area contributed by atoms with Crippen LogP contribution in [0.1, 0.15) is 39.0 Å². The van der Waals surface area contributed by atoms with Gasteiger partial charge in [-0.25, -0.2) is 4.79 Å². The summed E-state index contributed by atoms with van der Waals surface area (Å²) >= 11 is 0. The summed E-state index contributed by atoms with van der Waals surface area (Å²) in [7, 11) is 0. The number of amides is 2. The Kier molecular flexibility index (Phi) is 4.44. The third-order valence-corrected chi connectivity index (χ3v) is 3.83. The van der Waals surface area contributed by atoms with Crippen molar-refractivity contribution in [2.75, 3.05) is 19.7 Å². The molecule has 1 saturated heterocycles. The van der Waals surface area contributed by atoms with E-state index in [-0.39, 0.29) is 17.9 Å². The Labute approximate surface area is 108 Å². The van der Waals surface area contributed by atoms with Crippen molar-refractivity contribution in [1.82, 2.24) is 10.2 Å². The molecule has 102 valence electrons. The van der Waals surface area contributed by atoms with Crippen molar-refractivity contribution >= 4 is 12.0 Å². The number of nitrogens with zero attached hydrogens (tertiary/aromatic N) is 1. The van der Waals surface area contributed by atoms with Crippen molar-refractivity contribution in [3.05, 3.63) is 0 Å². The molecule has 5 heteroatoms. The third kappa shape index (κ3) is 3.15. The number of ether oxygens (including phenoxy) is 1. The van der Waals surface area contributed by atoms with E-state index in [1.807, 2.05) is 11.8 Å². The van der Waals surface area contributed by atoms with Crippen LogP contribution in [0, 0.1) is 5.92 Å². The largest absolute Gasteiger partial charge is 0.466 e. The van der Waals surface area contributed by atoms with Crippen LogP contribution in [0.2, 0.25) is 0 Å². The Morgan fingerprint density at radius 3 is 2.39 bits per heavy atom. The molecule has 0 radical (unpaired) electrons. The van der Waals surface area contributed by atoms with Gasteiger partial charge in [-0.3, -0.25) is 4.79 Å². The van der Waals surface area contributed by atoms with E-state index >= 15 is 0 Å². The standard InChI is InChI=1S/C13H22N2O3/c1-2-18-12(16)10-6-8-15(9-7-10)13(17)14-11-4-3-5-11/h10-11H,2-9H2,1H3,(H,14,17). The van der Waals surface area contributed by atoms with Crippen LogP contribution < -0.4 is 5.32 Å². The lowest BCUT2D eigenvalue weighted by atomic mass is 9.93. The predicted octanol–water partition coefficient (Wildman–Crippen LogP) is 1.52. The zero-order valence-corrected chi connectivity index (χ0v) is 11.0. The Balaban J connectivity index is 1.71. The number of carbonyl (C=O) groups excluding carboxylic acids is 2. The van der Waals surface area contributed by atoms with Gasteiger partial charge in [-0.1, -0.05) is 0 Å². The van der Waals surface area contributed by atoms with Crippen LogP contribution in [0.3, 0.4) is 0 Å². The summed E-state index contributed by atoms with van der Waals surface area (Å²) in [6.45, 7) is 3.56. The first-order chi connectivity index (χ1) is 8.70. The van der Waals surface area contributed by atoms with Crippen LogP contribution in [0.15, 0.2) is 0 Å². The van der Waals surface area contributed by atoms with Crippen LogP contribution in [0.5, 0.6) is 0 Å². The van der Waals surface area contributed by atoms with Crippen molar-refractivity contribution < 1.29 is 14.3 Å². The molecule has 1 aliphatic carbocycles. The molecule has 0 aromatic rings. The van der Waals surface area contributed by atoms with Crippen molar-refractivity contribution in [2.45, 2.75) is 45.1 Å². The fraction of sp³-hybridized carbons (Fsp3) is 0.846. The number of piperidine rings is 1. The van der Waals surface area contributed by atoms with Gasteiger partial charge in [0.1, 0.15) is 0 Å². The zero-order chi connectivity index (χ0) is 13.0. The highest BCUT2D eigenvalue weighted by molar-refractivity contribution is 5.76. The van der Waals surface area contributed by atoms with Gasteiger partial charge in [-0.15, -0.1) is 0 Å². The van der Waals surface area contributed by atoms with Gasteiger partial charge in [-0.2, -0.15) is 0 Å². The predicted molar refractivity (Wildman–Crippen MR) is 67.1 cm³/mol. The number of esters is 1. The summed E-state index contributed by atoms with van der Waals surface area (Å²) < 4.78 is 5.01. The minimum Gasteiger partial charge on any atom is -0.466 e. The third-order valence-electron chi connectivity index (χ3n) is 3.83. The summed E-state index contributed by atoms with van der Waals surface area (Å²) in [6, 6.07) is 0.405. The van der Waals surface area contributed by atoms with E-state index in [4.69, 9.17) is 4.74 Å². The summed E-state index contributed by atoms with van der Waals surface area (Å²) in [5.41, 5.74) is 0. The second-order valence-corrected chi connectivity index (χ2v) is 5.09. The molecule has 2 rings (SSSR count). The maximum atomic E-state index is 11.9. The fourth-order valence-corrected chi connectivity index (χ4v) is 2.40. The highest BCUT2D eigenvalue weighted by atomic mass is 16.5. The van der Waals surface area contributed by atoms with E-state index in [9.17, 15) is 9.59 Å². The lowest BCUT2D eigenvalue weighted by Crippen LogP contribution is -2.50. The number of likely N-dealkylation sites (tertiary alicyclic amines) is 1. The second kappa shape index (κ2) is 6.07. The lowest BCUT2D eigenvalue weighted by Gasteiger charge is -2.34. The molecule has 1 aliphatic heterocycles. The molecule has 0 aromatic heterocycles. The van der Waals surface area contributed by atoms with Gasteiger partial charge in [0, 0.05) is 19.1 Å². The molecule has 2 aliphatic rings. The molecule has 18 heavy (non-hydrogen) atoms. The normalized spacial score (nSPS) is 21.3. The number of hydrogen-bond acceptors (Lipinski definition) is 3. The van der Waals surface area contributed by atoms with E-state index < -0.39 is 0 Å². The zero-order valence-electron chi connectivity index (χ0n) is 11.0. The van der Waals surface area contributed by atoms with Gasteiger partial charge in [0.25, 0.3) is 0 Å². The number of urea groups is 1. The van der Waals surface area contributed by atoms with Crippen LogP contribution >= 0.6 is 0 Å². The molecule has 0 atom stereocenters. The molecule has 0 aromatic carbocycles. The van der Waals surface area contributed by atoms with Gasteiger partial charge in [0.05, 0.1) is 12.5 Å². The number of hydrogen-bond donors (Lipinski definition) is 1. The maximum Gasteiger partial charge on any atom is 0.317 e. The average molecular weight is 254 g/mol. The minimum absolute atomic E-state index is 0.0296. The molecular weight excluding hydrogens is 232 g/mol. The maximum absolute atomic E-state index is 11.9. The Morgan fingerprint density at radius 1 is 1.22 bits per heavy atom. The second-order valence-electron chi connectivity index (χ2n) is 5.09. The van der Waals surface area contributed by atoms with E-state index in [1.165, 1.54) is 6.42 Å². The first kappa shape index (κ1) is 13.2. The highest BCUT2D eigenvalue weighted by Crippen LogP contribution is 2.21. The smallest absolute Gasteiger partial charge is 0.317 e. The van der Waals surface area contributed by atoms with Crippen LogP contribution in [0.4, 0.5) is 4.79 Å². The number of rotatable bonds is 3. The molecule has 0 bridgehead atoms. The monoisotopic (exact) mass is 254 g/mol. The van der Waals surface area contributed by atoms with E-state index in [0.717, 1.165) is 25.7 Å². The first-order valence-corrected chi connectivity index (χ1v) is 6.92. The van der Waals surface area contributed by atoms with Crippen LogP contribution in [0.25, 0.3) is 0 Å². The first-order valence-electron chi connectivity index (χ1n) is 6.92. The Bertz CT molecular complexity index is 307. The molecule has 1 saturated carbocycles. The van der Waals surface area contributed by atoms with Crippen molar-refractivity contribution in [3.63, 3.8) is 0 Å². The van der Waals surface area contributed by atoms with Crippen molar-refractivity contribution in [1.29, 1.82) is 0 Å². The van der Waals surface area contributed by atoms with Gasteiger partial charge in [-0.05, 0) is 39.0 Å². The van der Waals surface area contributed by atoms with E-state index in [2.05, 4.69) is 5.32 Å². The lowest BCUT2D eigenvalue weighted by molar-refractivity contribution is -0.149. The van der Waals surface area contributed by atoms with E-state index in [1.54, 1.807) is 0 Å². The molecule has 2 amide bonds. The van der Waals surface area contributed by atoms with Crippen LogP contribution in [-0.2, 0) is 9.53 Å². The fourth-order valence-electron chi connectivity index (χ4n) is 2.40. The molecule has 5 nitrogen and oxygen atoms in total. The molecule has 1 heterocycles. The molecule has 1 N–H and O–H groups in total. The minimum atomic E-state index is -0.114. The number of nitrogens with one attached hydrogen (secondary N) is 1. The van der Waals surface area contributed by atoms with Gasteiger partial charge >= 0.3 is 12.0 Å². The van der Waals surface area contributed by atoms with Gasteiger partial charge in [0.2, 0.25) is 0 Å². The van der Waals surface area contributed by atoms with Gasteiger partial charge < -0.3 is 15.0 Å². The van der Waals surface area contributed by atoms with Crippen molar-refractivity contribution in [3.8, 4) is 0 Å². The topological polar surface area (TPSA) is 58.6 Å². The number of carbonyl (C=O) groups is 2. The van der Waals surface area contributed by atoms with Gasteiger partial charge in [0.15, 0.2) is 0 Å². The summed E-state index contributed by atoms with van der Waals surface area (Å²) in [5.74, 6) is -0.144. The molecular formula is C13H22N2O3. The summed E-state index contributed by atoms with van der Waals surface area (Å²) in [6.07, 6.45) is 4.86. The molecule has 0 spiro atoms. The SMILES string of the molecule is CCOC(=O)C1CCN(C(=O)NC2CCC2)CC1. The summed E-state index contributed by atoms with van der Waals surface area (Å²) in [4.78, 5) is 25.3. The Hall–Kier alpha value is -1.26. The molecule has 0 unspecified atom stereocenters. The Morgan fingerprint density at radius 2 is 1.89 bits per heavy atom. The quantitative estimate of drug-likeness (QED) is 0.777. The van der Waals surface area contributed by atoms with Crippen LogP contribution in [-0.4, -0.2) is 42.6 Å².